The van der Waals surface area contributed by atoms with Crippen LogP contribution in [0.15, 0.2) is 34.8 Å². The third kappa shape index (κ3) is 3.38. The van der Waals surface area contributed by atoms with Gasteiger partial charge < -0.3 is 15.2 Å². The summed E-state index contributed by atoms with van der Waals surface area (Å²) in [7, 11) is 1.50. The predicted molar refractivity (Wildman–Crippen MR) is 85.9 cm³/mol. The summed E-state index contributed by atoms with van der Waals surface area (Å²) in [6.07, 6.45) is 0. The Morgan fingerprint density at radius 3 is 2.75 bits per heavy atom. The molecule has 2 aromatic rings. The number of anilines is 1. The molecule has 2 aromatic carbocycles. The predicted octanol–water partition coefficient (Wildman–Crippen LogP) is 4.74. The fourth-order valence-corrected chi connectivity index (χ4v) is 2.49. The summed E-state index contributed by atoms with van der Waals surface area (Å²) in [5, 5.41) is 13.9. The summed E-state index contributed by atoms with van der Waals surface area (Å²) in [5.74, 6) is 0.484. The molecule has 0 spiro atoms. The highest BCUT2D eigenvalue weighted by Gasteiger charge is 2.10. The standard InChI is InChI=1S/C15H15BrClNO2/c1-9-3-4-11(16)6-13(9)18-8-10-5-12(17)7-14(20-2)15(10)19/h3-7,18-19H,8H2,1-2H3. The van der Waals surface area contributed by atoms with Crippen LogP contribution in [0.3, 0.4) is 0 Å². The lowest BCUT2D eigenvalue weighted by Crippen LogP contribution is -2.02. The van der Waals surface area contributed by atoms with Crippen molar-refractivity contribution in [3.8, 4) is 11.5 Å². The molecule has 0 saturated carbocycles. The van der Waals surface area contributed by atoms with Gasteiger partial charge in [0.25, 0.3) is 0 Å². The second-order valence-corrected chi connectivity index (χ2v) is 5.78. The van der Waals surface area contributed by atoms with Crippen LogP contribution in [0.2, 0.25) is 5.02 Å². The maximum atomic E-state index is 10.1. The molecule has 3 nitrogen and oxygen atoms in total. The minimum atomic E-state index is 0.108. The Balaban J connectivity index is 2.23. The second-order valence-electron chi connectivity index (χ2n) is 4.43. The van der Waals surface area contributed by atoms with Crippen molar-refractivity contribution < 1.29 is 9.84 Å². The summed E-state index contributed by atoms with van der Waals surface area (Å²) >= 11 is 9.45. The van der Waals surface area contributed by atoms with Gasteiger partial charge in [0.15, 0.2) is 11.5 Å². The van der Waals surface area contributed by atoms with Crippen LogP contribution in [0.1, 0.15) is 11.1 Å². The van der Waals surface area contributed by atoms with E-state index in [-0.39, 0.29) is 5.75 Å². The van der Waals surface area contributed by atoms with Gasteiger partial charge in [-0.25, -0.2) is 0 Å². The molecule has 20 heavy (non-hydrogen) atoms. The van der Waals surface area contributed by atoms with Gasteiger partial charge in [-0.1, -0.05) is 33.6 Å². The first-order valence-electron chi connectivity index (χ1n) is 6.06. The van der Waals surface area contributed by atoms with E-state index in [1.165, 1.54) is 7.11 Å². The van der Waals surface area contributed by atoms with E-state index < -0.39 is 0 Å². The fraction of sp³-hybridized carbons (Fsp3) is 0.200. The van der Waals surface area contributed by atoms with Crippen LogP contribution in [0.5, 0.6) is 11.5 Å². The molecule has 0 amide bonds. The van der Waals surface area contributed by atoms with Crippen LogP contribution in [0.25, 0.3) is 0 Å². The Bertz CT molecular complexity index is 632. The van der Waals surface area contributed by atoms with Gasteiger partial charge in [0, 0.05) is 33.4 Å². The Labute approximate surface area is 131 Å². The van der Waals surface area contributed by atoms with Crippen LogP contribution < -0.4 is 10.1 Å². The molecule has 106 valence electrons. The number of hydrogen-bond acceptors (Lipinski definition) is 3. The van der Waals surface area contributed by atoms with Gasteiger partial charge in [0.2, 0.25) is 0 Å². The van der Waals surface area contributed by atoms with Crippen molar-refractivity contribution in [2.45, 2.75) is 13.5 Å². The Hall–Kier alpha value is -1.39. The number of aryl methyl sites for hydroxylation is 1. The zero-order valence-corrected chi connectivity index (χ0v) is 13.5. The lowest BCUT2D eigenvalue weighted by molar-refractivity contribution is 0.371. The van der Waals surface area contributed by atoms with Gasteiger partial charge in [-0.05, 0) is 30.7 Å². The lowest BCUT2D eigenvalue weighted by Gasteiger charge is -2.13. The van der Waals surface area contributed by atoms with Crippen molar-refractivity contribution in [2.75, 3.05) is 12.4 Å². The summed E-state index contributed by atoms with van der Waals surface area (Å²) in [4.78, 5) is 0. The monoisotopic (exact) mass is 355 g/mol. The van der Waals surface area contributed by atoms with E-state index in [0.717, 1.165) is 15.7 Å². The maximum Gasteiger partial charge on any atom is 0.162 e. The van der Waals surface area contributed by atoms with Crippen LogP contribution in [-0.2, 0) is 6.54 Å². The Morgan fingerprint density at radius 1 is 1.30 bits per heavy atom. The third-order valence-electron chi connectivity index (χ3n) is 3.01. The molecule has 0 saturated heterocycles. The normalized spacial score (nSPS) is 10.4. The Kier molecular flexibility index (Phi) is 4.78. The second kappa shape index (κ2) is 6.37. The van der Waals surface area contributed by atoms with Gasteiger partial charge in [-0.3, -0.25) is 0 Å². The average molecular weight is 357 g/mol. The first-order chi connectivity index (χ1) is 9.51. The first-order valence-corrected chi connectivity index (χ1v) is 7.23. The molecule has 5 heteroatoms. The molecule has 0 atom stereocenters. The van der Waals surface area contributed by atoms with Gasteiger partial charge in [-0.2, -0.15) is 0 Å². The molecule has 0 aliphatic carbocycles. The number of ether oxygens (including phenoxy) is 1. The Morgan fingerprint density at radius 2 is 2.05 bits per heavy atom. The highest BCUT2D eigenvalue weighted by Crippen LogP contribution is 2.34. The van der Waals surface area contributed by atoms with E-state index in [1.807, 2.05) is 25.1 Å². The van der Waals surface area contributed by atoms with E-state index in [4.69, 9.17) is 16.3 Å². The largest absolute Gasteiger partial charge is 0.504 e. The van der Waals surface area contributed by atoms with Crippen molar-refractivity contribution in [1.29, 1.82) is 0 Å². The number of methoxy groups -OCH3 is 1. The molecule has 0 radical (unpaired) electrons. The van der Waals surface area contributed by atoms with Crippen molar-refractivity contribution in [1.82, 2.24) is 0 Å². The van der Waals surface area contributed by atoms with Crippen LogP contribution in [0.4, 0.5) is 5.69 Å². The molecule has 0 heterocycles. The van der Waals surface area contributed by atoms with Crippen molar-refractivity contribution in [3.05, 3.63) is 51.0 Å². The summed E-state index contributed by atoms with van der Waals surface area (Å²) < 4.78 is 6.09. The molecule has 0 bridgehead atoms. The molecule has 2 rings (SSSR count). The zero-order valence-electron chi connectivity index (χ0n) is 11.2. The fourth-order valence-electron chi connectivity index (χ4n) is 1.89. The van der Waals surface area contributed by atoms with Gasteiger partial charge >= 0.3 is 0 Å². The first kappa shape index (κ1) is 15.0. The number of phenols is 1. The number of hydrogen-bond donors (Lipinski definition) is 2. The lowest BCUT2D eigenvalue weighted by atomic mass is 10.1. The number of halogens is 2. The van der Waals surface area contributed by atoms with Crippen molar-refractivity contribution in [3.63, 3.8) is 0 Å². The minimum absolute atomic E-state index is 0.108. The summed E-state index contributed by atoms with van der Waals surface area (Å²) in [5.41, 5.74) is 2.81. The van der Waals surface area contributed by atoms with E-state index >= 15 is 0 Å². The van der Waals surface area contributed by atoms with Gasteiger partial charge in [-0.15, -0.1) is 0 Å². The molecular weight excluding hydrogens is 342 g/mol. The molecular formula is C15H15BrClNO2. The van der Waals surface area contributed by atoms with Crippen molar-refractivity contribution in [2.24, 2.45) is 0 Å². The van der Waals surface area contributed by atoms with Gasteiger partial charge in [0.05, 0.1) is 7.11 Å². The number of aromatic hydroxyl groups is 1. The van der Waals surface area contributed by atoms with E-state index in [9.17, 15) is 5.11 Å². The highest BCUT2D eigenvalue weighted by atomic mass is 79.9. The maximum absolute atomic E-state index is 10.1. The highest BCUT2D eigenvalue weighted by molar-refractivity contribution is 9.10. The molecule has 0 aromatic heterocycles. The zero-order chi connectivity index (χ0) is 14.7. The third-order valence-corrected chi connectivity index (χ3v) is 3.72. The minimum Gasteiger partial charge on any atom is -0.504 e. The quantitative estimate of drug-likeness (QED) is 0.831. The molecule has 0 aliphatic heterocycles. The smallest absolute Gasteiger partial charge is 0.162 e. The average Bonchev–Trinajstić information content (AvgIpc) is 2.42. The molecule has 0 fully saturated rings. The molecule has 2 N–H and O–H groups in total. The van der Waals surface area contributed by atoms with E-state index in [0.29, 0.717) is 22.9 Å². The van der Waals surface area contributed by atoms with E-state index in [1.54, 1.807) is 12.1 Å². The summed E-state index contributed by atoms with van der Waals surface area (Å²) in [6.45, 7) is 2.48. The number of rotatable bonds is 4. The SMILES string of the molecule is COc1cc(Cl)cc(CNc2cc(Br)ccc2C)c1O. The topological polar surface area (TPSA) is 41.5 Å². The number of phenolic OH excluding ortho intramolecular Hbond substituents is 1. The van der Waals surface area contributed by atoms with Crippen LogP contribution in [-0.4, -0.2) is 12.2 Å². The number of nitrogens with one attached hydrogen (secondary N) is 1. The van der Waals surface area contributed by atoms with Crippen LogP contribution >= 0.6 is 27.5 Å². The van der Waals surface area contributed by atoms with Gasteiger partial charge in [0.1, 0.15) is 0 Å². The number of benzene rings is 2. The van der Waals surface area contributed by atoms with Crippen molar-refractivity contribution >= 4 is 33.2 Å². The summed E-state index contributed by atoms with van der Waals surface area (Å²) in [6, 6.07) is 9.31. The van der Waals surface area contributed by atoms with Crippen LogP contribution in [0, 0.1) is 6.92 Å². The van der Waals surface area contributed by atoms with E-state index in [2.05, 4.69) is 21.2 Å². The molecule has 0 unspecified atom stereocenters. The molecule has 0 aliphatic rings.